The van der Waals surface area contributed by atoms with E-state index in [1.807, 2.05) is 0 Å². The Morgan fingerprint density at radius 3 is 2.08 bits per heavy atom. The Morgan fingerprint density at radius 1 is 0.917 bits per heavy atom. The van der Waals surface area contributed by atoms with Crippen LogP contribution in [0.2, 0.25) is 0 Å². The molecule has 0 aliphatic carbocycles. The highest BCUT2D eigenvalue weighted by molar-refractivity contribution is 4.44. The molecule has 0 N–H and O–H groups in total. The minimum atomic E-state index is -0.162. The molecule has 0 spiro atoms. The average molecular weight is 175 g/mol. The molecule has 0 bridgehead atoms. The minimum Gasteiger partial charge on any atom is -0.381 e. The summed E-state index contributed by atoms with van der Waals surface area (Å²) >= 11 is 0. The molecule has 0 heterocycles. The highest BCUT2D eigenvalue weighted by atomic mass is 19.1. The second-order valence-electron chi connectivity index (χ2n) is 2.92. The molecule has 0 rings (SSSR count). The van der Waals surface area contributed by atoms with Crippen LogP contribution in [0.25, 0.3) is 0 Å². The van der Waals surface area contributed by atoms with Crippen molar-refractivity contribution in [1.29, 1.82) is 0 Å². The molecule has 0 fully saturated rings. The van der Waals surface area contributed by atoms with Crippen LogP contribution in [0.15, 0.2) is 0 Å². The SMILES string of the molecule is [CH2]COCCCCCCCCF. The average Bonchev–Trinajstić information content (AvgIpc) is 2.10. The van der Waals surface area contributed by atoms with E-state index < -0.39 is 0 Å². The predicted octanol–water partition coefficient (Wildman–Crippen LogP) is 3.15. The van der Waals surface area contributed by atoms with Crippen molar-refractivity contribution in [2.45, 2.75) is 38.5 Å². The van der Waals surface area contributed by atoms with E-state index in [0.717, 1.165) is 32.3 Å². The van der Waals surface area contributed by atoms with Crippen molar-refractivity contribution in [2.24, 2.45) is 0 Å². The second kappa shape index (κ2) is 10.9. The molecule has 0 aliphatic rings. The van der Waals surface area contributed by atoms with Crippen molar-refractivity contribution in [3.8, 4) is 0 Å². The first-order valence-electron chi connectivity index (χ1n) is 4.84. The van der Waals surface area contributed by atoms with Crippen molar-refractivity contribution < 1.29 is 9.13 Å². The molecule has 0 aromatic carbocycles. The van der Waals surface area contributed by atoms with Crippen LogP contribution >= 0.6 is 0 Å². The predicted molar refractivity (Wildman–Crippen MR) is 49.9 cm³/mol. The first-order chi connectivity index (χ1) is 5.91. The van der Waals surface area contributed by atoms with Gasteiger partial charge in [-0.1, -0.05) is 25.7 Å². The summed E-state index contributed by atoms with van der Waals surface area (Å²) in [6.07, 6.45) is 6.45. The summed E-state index contributed by atoms with van der Waals surface area (Å²) in [5, 5.41) is 0. The topological polar surface area (TPSA) is 9.23 Å². The van der Waals surface area contributed by atoms with E-state index in [9.17, 15) is 4.39 Å². The van der Waals surface area contributed by atoms with Crippen LogP contribution in [0.4, 0.5) is 4.39 Å². The molecule has 0 saturated heterocycles. The summed E-state index contributed by atoms with van der Waals surface area (Å²) in [5.41, 5.74) is 0. The minimum absolute atomic E-state index is 0.162. The number of halogens is 1. The molecule has 0 unspecified atom stereocenters. The van der Waals surface area contributed by atoms with Gasteiger partial charge in [0.25, 0.3) is 0 Å². The van der Waals surface area contributed by atoms with E-state index in [0.29, 0.717) is 6.61 Å². The largest absolute Gasteiger partial charge is 0.381 e. The summed E-state index contributed by atoms with van der Waals surface area (Å²) in [6.45, 7) is 4.82. The van der Waals surface area contributed by atoms with E-state index >= 15 is 0 Å². The molecule has 0 aromatic heterocycles. The van der Waals surface area contributed by atoms with Crippen molar-refractivity contribution in [3.05, 3.63) is 6.92 Å². The van der Waals surface area contributed by atoms with E-state index in [1.165, 1.54) is 12.8 Å². The van der Waals surface area contributed by atoms with Crippen LogP contribution in [0.3, 0.4) is 0 Å². The molecule has 1 radical (unpaired) electrons. The maximum absolute atomic E-state index is 11.6. The molecule has 0 saturated carbocycles. The van der Waals surface area contributed by atoms with Crippen LogP contribution in [0.1, 0.15) is 38.5 Å². The fraction of sp³-hybridized carbons (Fsp3) is 0.900. The third-order valence-corrected chi connectivity index (χ3v) is 1.82. The van der Waals surface area contributed by atoms with E-state index in [-0.39, 0.29) is 6.67 Å². The summed E-state index contributed by atoms with van der Waals surface area (Å²) in [4.78, 5) is 0. The molecule has 12 heavy (non-hydrogen) atoms. The summed E-state index contributed by atoms with van der Waals surface area (Å²) < 4.78 is 16.7. The van der Waals surface area contributed by atoms with Gasteiger partial charge in [0, 0.05) is 13.2 Å². The number of ether oxygens (including phenoxy) is 1. The van der Waals surface area contributed by atoms with Gasteiger partial charge in [0.05, 0.1) is 6.67 Å². The lowest BCUT2D eigenvalue weighted by Gasteiger charge is -2.00. The molecular formula is C10H20FO. The Labute approximate surface area is 75.3 Å². The Hall–Kier alpha value is -0.110. The summed E-state index contributed by atoms with van der Waals surface area (Å²) in [7, 11) is 0. The fourth-order valence-electron chi connectivity index (χ4n) is 1.11. The van der Waals surface area contributed by atoms with Gasteiger partial charge in [0.1, 0.15) is 0 Å². The number of alkyl halides is 1. The quantitative estimate of drug-likeness (QED) is 0.489. The van der Waals surface area contributed by atoms with E-state index in [2.05, 4.69) is 6.92 Å². The van der Waals surface area contributed by atoms with Crippen molar-refractivity contribution >= 4 is 0 Å². The molecule has 0 aromatic rings. The van der Waals surface area contributed by atoms with E-state index in [1.54, 1.807) is 0 Å². The molecule has 0 atom stereocenters. The number of hydrogen-bond donors (Lipinski definition) is 0. The van der Waals surface area contributed by atoms with Gasteiger partial charge in [-0.15, -0.1) is 0 Å². The normalized spacial score (nSPS) is 10.5. The standard InChI is InChI=1S/C10H20FO/c1-2-12-10-8-6-4-3-5-7-9-11/h1-10H2. The highest BCUT2D eigenvalue weighted by Gasteiger charge is 1.90. The third-order valence-electron chi connectivity index (χ3n) is 1.82. The zero-order chi connectivity index (χ0) is 9.07. The Kier molecular flexibility index (Phi) is 10.8. The summed E-state index contributed by atoms with van der Waals surface area (Å²) in [6, 6.07) is 0. The third kappa shape index (κ3) is 9.89. The Bertz CT molecular complexity index is 66.2. The Morgan fingerprint density at radius 2 is 1.50 bits per heavy atom. The highest BCUT2D eigenvalue weighted by Crippen LogP contribution is 2.05. The molecule has 73 valence electrons. The zero-order valence-electron chi connectivity index (χ0n) is 7.86. The van der Waals surface area contributed by atoms with Gasteiger partial charge in [-0.2, -0.15) is 0 Å². The maximum atomic E-state index is 11.6. The monoisotopic (exact) mass is 175 g/mol. The fourth-order valence-corrected chi connectivity index (χ4v) is 1.11. The van der Waals surface area contributed by atoms with Crippen LogP contribution < -0.4 is 0 Å². The summed E-state index contributed by atoms with van der Waals surface area (Å²) in [5.74, 6) is 0. The van der Waals surface area contributed by atoms with E-state index in [4.69, 9.17) is 4.74 Å². The molecule has 0 aliphatic heterocycles. The zero-order valence-corrected chi connectivity index (χ0v) is 7.86. The van der Waals surface area contributed by atoms with Gasteiger partial charge >= 0.3 is 0 Å². The van der Waals surface area contributed by atoms with Crippen molar-refractivity contribution in [1.82, 2.24) is 0 Å². The number of unbranched alkanes of at least 4 members (excludes halogenated alkanes) is 5. The van der Waals surface area contributed by atoms with Gasteiger partial charge in [-0.3, -0.25) is 4.39 Å². The van der Waals surface area contributed by atoms with Crippen LogP contribution in [-0.2, 0) is 4.74 Å². The molecule has 2 heteroatoms. The first-order valence-corrected chi connectivity index (χ1v) is 4.84. The van der Waals surface area contributed by atoms with Gasteiger partial charge in [-0.05, 0) is 19.8 Å². The van der Waals surface area contributed by atoms with Crippen LogP contribution in [0, 0.1) is 6.92 Å². The second-order valence-corrected chi connectivity index (χ2v) is 2.92. The maximum Gasteiger partial charge on any atom is 0.0894 e. The molecule has 0 amide bonds. The van der Waals surface area contributed by atoms with Gasteiger partial charge in [0.15, 0.2) is 0 Å². The van der Waals surface area contributed by atoms with Gasteiger partial charge < -0.3 is 4.74 Å². The van der Waals surface area contributed by atoms with Gasteiger partial charge in [0.2, 0.25) is 0 Å². The number of rotatable bonds is 9. The smallest absolute Gasteiger partial charge is 0.0894 e. The lowest BCUT2D eigenvalue weighted by atomic mass is 10.1. The van der Waals surface area contributed by atoms with Crippen LogP contribution in [0.5, 0.6) is 0 Å². The first kappa shape index (κ1) is 11.9. The van der Waals surface area contributed by atoms with Crippen molar-refractivity contribution in [3.63, 3.8) is 0 Å². The van der Waals surface area contributed by atoms with Gasteiger partial charge in [-0.25, -0.2) is 0 Å². The van der Waals surface area contributed by atoms with Crippen LogP contribution in [-0.4, -0.2) is 19.9 Å². The Balaban J connectivity index is 2.73. The lowest BCUT2D eigenvalue weighted by molar-refractivity contribution is 0.156. The number of hydrogen-bond acceptors (Lipinski definition) is 1. The molecular weight excluding hydrogens is 155 g/mol. The van der Waals surface area contributed by atoms with Crippen molar-refractivity contribution in [2.75, 3.05) is 19.9 Å². The molecule has 1 nitrogen and oxygen atoms in total. The lowest BCUT2D eigenvalue weighted by Crippen LogP contribution is -1.93.